The van der Waals surface area contributed by atoms with Crippen molar-refractivity contribution in [3.8, 4) is 11.5 Å². The quantitative estimate of drug-likeness (QED) is 0.797. The SMILES string of the molecule is COc1cc(CCC(=O)N2CCC(c3nnc4n3CCNC4)CC2)cc(OC)c1. The smallest absolute Gasteiger partial charge is 0.222 e. The number of rotatable bonds is 6. The van der Waals surface area contributed by atoms with Crippen molar-refractivity contribution in [1.82, 2.24) is 25.0 Å². The van der Waals surface area contributed by atoms with E-state index in [-0.39, 0.29) is 5.91 Å². The van der Waals surface area contributed by atoms with Gasteiger partial charge in [0.15, 0.2) is 0 Å². The van der Waals surface area contributed by atoms with Crippen molar-refractivity contribution in [2.45, 2.75) is 44.7 Å². The Kier molecular flexibility index (Phi) is 5.99. The average molecular weight is 399 g/mol. The van der Waals surface area contributed by atoms with Gasteiger partial charge in [0.25, 0.3) is 0 Å². The third-order valence-electron chi connectivity index (χ3n) is 5.90. The van der Waals surface area contributed by atoms with E-state index in [0.717, 1.165) is 74.3 Å². The molecule has 0 radical (unpaired) electrons. The number of piperidine rings is 1. The van der Waals surface area contributed by atoms with Gasteiger partial charge in [0.05, 0.1) is 20.8 Å². The van der Waals surface area contributed by atoms with Gasteiger partial charge < -0.3 is 24.3 Å². The summed E-state index contributed by atoms with van der Waals surface area (Å²) in [4.78, 5) is 14.7. The van der Waals surface area contributed by atoms with E-state index >= 15 is 0 Å². The second-order valence-electron chi connectivity index (χ2n) is 7.68. The highest BCUT2D eigenvalue weighted by atomic mass is 16.5. The van der Waals surface area contributed by atoms with Crippen LogP contribution < -0.4 is 14.8 Å². The maximum absolute atomic E-state index is 12.7. The van der Waals surface area contributed by atoms with Gasteiger partial charge in [0.2, 0.25) is 5.91 Å². The molecule has 8 heteroatoms. The van der Waals surface area contributed by atoms with Crippen LogP contribution in [0.25, 0.3) is 0 Å². The molecule has 4 rings (SSSR count). The molecule has 2 aromatic rings. The zero-order valence-corrected chi connectivity index (χ0v) is 17.2. The van der Waals surface area contributed by atoms with Gasteiger partial charge in [-0.1, -0.05) is 0 Å². The molecule has 1 aromatic carbocycles. The zero-order chi connectivity index (χ0) is 20.2. The molecule has 2 aliphatic heterocycles. The summed E-state index contributed by atoms with van der Waals surface area (Å²) in [7, 11) is 3.27. The predicted molar refractivity (Wildman–Crippen MR) is 108 cm³/mol. The third kappa shape index (κ3) is 4.37. The zero-order valence-electron chi connectivity index (χ0n) is 17.2. The first-order chi connectivity index (χ1) is 14.2. The standard InChI is InChI=1S/C21H29N5O3/c1-28-17-11-15(12-18(13-17)29-2)3-4-20(27)25-8-5-16(6-9-25)21-24-23-19-14-22-7-10-26(19)21/h11-13,16,22H,3-10,14H2,1-2H3. The molecule has 3 heterocycles. The molecule has 29 heavy (non-hydrogen) atoms. The second-order valence-corrected chi connectivity index (χ2v) is 7.68. The molecule has 0 spiro atoms. The molecule has 0 unspecified atom stereocenters. The van der Waals surface area contributed by atoms with Gasteiger partial charge in [0, 0.05) is 44.6 Å². The van der Waals surface area contributed by atoms with Crippen molar-refractivity contribution >= 4 is 5.91 Å². The van der Waals surface area contributed by atoms with Gasteiger partial charge in [-0.25, -0.2) is 0 Å². The number of nitrogens with one attached hydrogen (secondary N) is 1. The first-order valence-corrected chi connectivity index (χ1v) is 10.3. The van der Waals surface area contributed by atoms with E-state index in [4.69, 9.17) is 9.47 Å². The monoisotopic (exact) mass is 399 g/mol. The summed E-state index contributed by atoms with van der Waals surface area (Å²) in [5.74, 6) is 4.22. The number of fused-ring (bicyclic) bond motifs is 1. The van der Waals surface area contributed by atoms with Gasteiger partial charge in [-0.3, -0.25) is 4.79 Å². The van der Waals surface area contributed by atoms with Crippen molar-refractivity contribution in [1.29, 1.82) is 0 Å². The number of carbonyl (C=O) groups is 1. The van der Waals surface area contributed by atoms with E-state index < -0.39 is 0 Å². The predicted octanol–water partition coefficient (Wildman–Crippen LogP) is 1.74. The molecule has 1 fully saturated rings. The Morgan fingerprint density at radius 2 is 1.83 bits per heavy atom. The van der Waals surface area contributed by atoms with E-state index in [9.17, 15) is 4.79 Å². The van der Waals surface area contributed by atoms with Crippen molar-refractivity contribution in [3.05, 3.63) is 35.4 Å². The molecule has 0 bridgehead atoms. The van der Waals surface area contributed by atoms with Crippen LogP contribution in [0, 0.1) is 0 Å². The van der Waals surface area contributed by atoms with Crippen LogP contribution in [0.15, 0.2) is 18.2 Å². The van der Waals surface area contributed by atoms with Crippen molar-refractivity contribution in [3.63, 3.8) is 0 Å². The van der Waals surface area contributed by atoms with Crippen molar-refractivity contribution in [2.75, 3.05) is 33.9 Å². The summed E-state index contributed by atoms with van der Waals surface area (Å²) in [5, 5.41) is 12.1. The lowest BCUT2D eigenvalue weighted by Crippen LogP contribution is -2.39. The number of methoxy groups -OCH3 is 2. The highest BCUT2D eigenvalue weighted by molar-refractivity contribution is 5.76. The summed E-state index contributed by atoms with van der Waals surface area (Å²) in [6, 6.07) is 5.77. The fourth-order valence-electron chi connectivity index (χ4n) is 4.22. The minimum absolute atomic E-state index is 0.206. The van der Waals surface area contributed by atoms with Crippen LogP contribution in [0.4, 0.5) is 0 Å². The number of likely N-dealkylation sites (tertiary alicyclic amines) is 1. The Balaban J connectivity index is 1.31. The molecular formula is C21H29N5O3. The Labute approximate surface area is 171 Å². The summed E-state index contributed by atoms with van der Waals surface area (Å²) < 4.78 is 12.9. The van der Waals surface area contributed by atoms with Gasteiger partial charge in [-0.15, -0.1) is 10.2 Å². The second kappa shape index (κ2) is 8.82. The molecule has 156 valence electrons. The van der Waals surface area contributed by atoms with Crippen LogP contribution in [-0.2, 0) is 24.3 Å². The molecule has 0 aliphatic carbocycles. The van der Waals surface area contributed by atoms with E-state index in [0.29, 0.717) is 18.8 Å². The van der Waals surface area contributed by atoms with Crippen LogP contribution in [0.3, 0.4) is 0 Å². The van der Waals surface area contributed by atoms with Gasteiger partial charge in [-0.05, 0) is 37.0 Å². The fourth-order valence-corrected chi connectivity index (χ4v) is 4.22. The topological polar surface area (TPSA) is 81.5 Å². The Hall–Kier alpha value is -2.61. The van der Waals surface area contributed by atoms with E-state index in [1.165, 1.54) is 0 Å². The summed E-state index contributed by atoms with van der Waals surface area (Å²) in [6.07, 6.45) is 3.07. The van der Waals surface area contributed by atoms with Gasteiger partial charge in [0.1, 0.15) is 23.1 Å². The lowest BCUT2D eigenvalue weighted by molar-refractivity contribution is -0.132. The Bertz CT molecular complexity index is 836. The largest absolute Gasteiger partial charge is 0.497 e. The average Bonchev–Trinajstić information content (AvgIpc) is 3.21. The van der Waals surface area contributed by atoms with Crippen LogP contribution in [0.1, 0.15) is 42.4 Å². The van der Waals surface area contributed by atoms with Gasteiger partial charge >= 0.3 is 0 Å². The Morgan fingerprint density at radius 1 is 1.10 bits per heavy atom. The first-order valence-electron chi connectivity index (χ1n) is 10.3. The normalized spacial score (nSPS) is 17.1. The number of aromatic nitrogens is 3. The number of ether oxygens (including phenoxy) is 2. The number of carbonyl (C=O) groups excluding carboxylic acids is 1. The minimum Gasteiger partial charge on any atom is -0.497 e. The lowest BCUT2D eigenvalue weighted by Gasteiger charge is -2.32. The van der Waals surface area contributed by atoms with Gasteiger partial charge in [-0.2, -0.15) is 0 Å². The number of aryl methyl sites for hydroxylation is 1. The summed E-state index contributed by atoms with van der Waals surface area (Å²) in [6.45, 7) is 4.25. The molecule has 8 nitrogen and oxygen atoms in total. The molecular weight excluding hydrogens is 370 g/mol. The molecule has 0 atom stereocenters. The van der Waals surface area contributed by atoms with Crippen molar-refractivity contribution < 1.29 is 14.3 Å². The highest BCUT2D eigenvalue weighted by Crippen LogP contribution is 2.28. The molecule has 0 saturated carbocycles. The molecule has 1 amide bonds. The minimum atomic E-state index is 0.206. The number of nitrogens with zero attached hydrogens (tertiary/aromatic N) is 4. The van der Waals surface area contributed by atoms with Crippen LogP contribution in [0.2, 0.25) is 0 Å². The molecule has 1 N–H and O–H groups in total. The molecule has 1 saturated heterocycles. The van der Waals surface area contributed by atoms with Crippen LogP contribution >= 0.6 is 0 Å². The van der Waals surface area contributed by atoms with Crippen LogP contribution in [-0.4, -0.2) is 59.4 Å². The number of benzene rings is 1. The van der Waals surface area contributed by atoms with E-state index in [1.54, 1.807) is 14.2 Å². The number of hydrogen-bond acceptors (Lipinski definition) is 6. The number of amides is 1. The molecule has 2 aliphatic rings. The van der Waals surface area contributed by atoms with Crippen molar-refractivity contribution in [2.24, 2.45) is 0 Å². The Morgan fingerprint density at radius 3 is 2.52 bits per heavy atom. The first kappa shape index (κ1) is 19.7. The molecule has 1 aromatic heterocycles. The maximum atomic E-state index is 12.7. The summed E-state index contributed by atoms with van der Waals surface area (Å²) in [5.41, 5.74) is 1.05. The lowest BCUT2D eigenvalue weighted by atomic mass is 9.95. The third-order valence-corrected chi connectivity index (χ3v) is 5.90. The maximum Gasteiger partial charge on any atom is 0.222 e. The highest BCUT2D eigenvalue weighted by Gasteiger charge is 2.28. The van der Waals surface area contributed by atoms with E-state index in [2.05, 4.69) is 20.1 Å². The van der Waals surface area contributed by atoms with E-state index in [1.807, 2.05) is 23.1 Å². The number of hydrogen-bond donors (Lipinski definition) is 1. The fraction of sp³-hybridized carbons (Fsp3) is 0.571. The summed E-state index contributed by atoms with van der Waals surface area (Å²) >= 11 is 0. The van der Waals surface area contributed by atoms with Crippen LogP contribution in [0.5, 0.6) is 11.5 Å².